The molecule has 0 aliphatic rings. The number of anilines is 2. The molecule has 2 aromatic carbocycles. The van der Waals surface area contributed by atoms with Crippen LogP contribution >= 0.6 is 11.6 Å². The zero-order valence-corrected chi connectivity index (χ0v) is 11.4. The highest BCUT2D eigenvalue weighted by molar-refractivity contribution is 6.33. The van der Waals surface area contributed by atoms with Crippen molar-refractivity contribution in [3.63, 3.8) is 0 Å². The number of hydrogen-bond acceptors (Lipinski definition) is 3. The molecule has 0 radical (unpaired) electrons. The van der Waals surface area contributed by atoms with Crippen LogP contribution in [0.5, 0.6) is 0 Å². The van der Waals surface area contributed by atoms with Crippen molar-refractivity contribution in [2.45, 2.75) is 0 Å². The molecule has 0 saturated heterocycles. The summed E-state index contributed by atoms with van der Waals surface area (Å²) in [6, 6.07) is 13.7. The van der Waals surface area contributed by atoms with Gasteiger partial charge in [0.1, 0.15) is 0 Å². The van der Waals surface area contributed by atoms with Crippen molar-refractivity contribution in [3.8, 4) is 6.07 Å². The molecule has 0 fully saturated rings. The van der Waals surface area contributed by atoms with Crippen molar-refractivity contribution < 1.29 is 9.90 Å². The molecule has 5 heteroatoms. The number of aromatic carboxylic acids is 1. The molecule has 1 N–H and O–H groups in total. The van der Waals surface area contributed by atoms with Crippen LogP contribution in [-0.2, 0) is 0 Å². The number of carboxylic acids is 1. The lowest BCUT2D eigenvalue weighted by molar-refractivity contribution is 0.0697. The van der Waals surface area contributed by atoms with Gasteiger partial charge in [0.15, 0.2) is 0 Å². The van der Waals surface area contributed by atoms with Gasteiger partial charge in [-0.3, -0.25) is 0 Å². The largest absolute Gasteiger partial charge is 0.478 e. The van der Waals surface area contributed by atoms with Gasteiger partial charge in [0.2, 0.25) is 0 Å². The Kier molecular flexibility index (Phi) is 3.92. The fourth-order valence-electron chi connectivity index (χ4n) is 1.84. The van der Waals surface area contributed by atoms with E-state index in [1.165, 1.54) is 12.1 Å². The molecule has 2 aromatic rings. The first-order valence-electron chi connectivity index (χ1n) is 5.79. The molecule has 0 unspecified atom stereocenters. The van der Waals surface area contributed by atoms with Crippen LogP contribution in [0.1, 0.15) is 15.9 Å². The summed E-state index contributed by atoms with van der Waals surface area (Å²) in [7, 11) is 1.80. The van der Waals surface area contributed by atoms with E-state index in [0.29, 0.717) is 16.3 Å². The first kappa shape index (κ1) is 13.9. The van der Waals surface area contributed by atoms with Gasteiger partial charge < -0.3 is 10.0 Å². The predicted molar refractivity (Wildman–Crippen MR) is 77.6 cm³/mol. The van der Waals surface area contributed by atoms with Crippen molar-refractivity contribution in [1.29, 1.82) is 5.26 Å². The molecular weight excluding hydrogens is 276 g/mol. The molecule has 2 rings (SSSR count). The third kappa shape index (κ3) is 2.73. The number of benzene rings is 2. The molecule has 0 amide bonds. The lowest BCUT2D eigenvalue weighted by Gasteiger charge is -2.21. The second-order valence-corrected chi connectivity index (χ2v) is 4.60. The van der Waals surface area contributed by atoms with Crippen LogP contribution in [0, 0.1) is 11.3 Å². The summed E-state index contributed by atoms with van der Waals surface area (Å²) in [5.41, 5.74) is 2.16. The molecule has 0 spiro atoms. The first-order chi connectivity index (χ1) is 9.52. The van der Waals surface area contributed by atoms with Crippen LogP contribution in [0.3, 0.4) is 0 Å². The zero-order valence-electron chi connectivity index (χ0n) is 10.7. The summed E-state index contributed by atoms with van der Waals surface area (Å²) in [6.07, 6.45) is 0. The average Bonchev–Trinajstić information content (AvgIpc) is 2.46. The van der Waals surface area contributed by atoms with Gasteiger partial charge in [-0.25, -0.2) is 4.79 Å². The minimum Gasteiger partial charge on any atom is -0.478 e. The Balaban J connectivity index is 2.40. The summed E-state index contributed by atoms with van der Waals surface area (Å²) in [4.78, 5) is 12.7. The summed E-state index contributed by atoms with van der Waals surface area (Å²) < 4.78 is 0. The Labute approximate surface area is 121 Å². The van der Waals surface area contributed by atoms with Crippen molar-refractivity contribution >= 4 is 28.9 Å². The molecule has 0 aromatic heterocycles. The van der Waals surface area contributed by atoms with E-state index in [-0.39, 0.29) is 5.56 Å². The summed E-state index contributed by atoms with van der Waals surface area (Å²) >= 11 is 6.12. The zero-order chi connectivity index (χ0) is 14.7. The van der Waals surface area contributed by atoms with Gasteiger partial charge in [0.05, 0.1) is 27.9 Å². The molecule has 100 valence electrons. The van der Waals surface area contributed by atoms with Gasteiger partial charge in [0.25, 0.3) is 0 Å². The fraction of sp³-hybridized carbons (Fsp3) is 0.0667. The van der Waals surface area contributed by atoms with Gasteiger partial charge in [-0.15, -0.1) is 0 Å². The predicted octanol–water partition coefficient (Wildman–Crippen LogP) is 3.68. The maximum Gasteiger partial charge on any atom is 0.335 e. The molecule has 4 nitrogen and oxygen atoms in total. The van der Waals surface area contributed by atoms with Gasteiger partial charge in [-0.2, -0.15) is 5.26 Å². The van der Waals surface area contributed by atoms with Crippen LogP contribution in [-0.4, -0.2) is 18.1 Å². The standard InChI is InChI=1S/C15H11ClN2O2/c1-18(12-4-2-3-10(7-12)9-17)14-6-5-11(15(19)20)8-13(14)16/h2-8H,1H3,(H,19,20). The van der Waals surface area contributed by atoms with Gasteiger partial charge in [-0.05, 0) is 36.4 Å². The van der Waals surface area contributed by atoms with Crippen molar-refractivity contribution in [2.75, 3.05) is 11.9 Å². The van der Waals surface area contributed by atoms with Crippen LogP contribution in [0.25, 0.3) is 0 Å². The van der Waals surface area contributed by atoms with Gasteiger partial charge in [0, 0.05) is 12.7 Å². The Hall–Kier alpha value is -2.51. The van der Waals surface area contributed by atoms with E-state index in [2.05, 4.69) is 6.07 Å². The molecule has 0 heterocycles. The summed E-state index contributed by atoms with van der Waals surface area (Å²) in [5.74, 6) is -1.02. The lowest BCUT2D eigenvalue weighted by atomic mass is 10.1. The fourth-order valence-corrected chi connectivity index (χ4v) is 2.14. The molecule has 0 bridgehead atoms. The highest BCUT2D eigenvalue weighted by Crippen LogP contribution is 2.31. The summed E-state index contributed by atoms with van der Waals surface area (Å²) in [5, 5.41) is 18.2. The minimum atomic E-state index is -1.02. The topological polar surface area (TPSA) is 64.3 Å². The molecule has 0 atom stereocenters. The third-order valence-corrected chi connectivity index (χ3v) is 3.22. The number of rotatable bonds is 3. The number of nitriles is 1. The Morgan fingerprint density at radius 3 is 2.65 bits per heavy atom. The monoisotopic (exact) mass is 286 g/mol. The smallest absolute Gasteiger partial charge is 0.335 e. The van der Waals surface area contributed by atoms with Crippen molar-refractivity contribution in [1.82, 2.24) is 0 Å². The highest BCUT2D eigenvalue weighted by atomic mass is 35.5. The van der Waals surface area contributed by atoms with Crippen molar-refractivity contribution in [2.24, 2.45) is 0 Å². The van der Waals surface area contributed by atoms with Crippen LogP contribution < -0.4 is 4.90 Å². The second kappa shape index (κ2) is 5.64. The van der Waals surface area contributed by atoms with Crippen molar-refractivity contribution in [3.05, 3.63) is 58.6 Å². The van der Waals surface area contributed by atoms with Crippen LogP contribution in [0.4, 0.5) is 11.4 Å². The van der Waals surface area contributed by atoms with E-state index in [1.807, 2.05) is 6.07 Å². The maximum absolute atomic E-state index is 10.9. The molecular formula is C15H11ClN2O2. The van der Waals surface area contributed by atoms with Crippen LogP contribution in [0.15, 0.2) is 42.5 Å². The quantitative estimate of drug-likeness (QED) is 0.935. The van der Waals surface area contributed by atoms with E-state index in [4.69, 9.17) is 22.0 Å². The average molecular weight is 287 g/mol. The lowest BCUT2D eigenvalue weighted by Crippen LogP contribution is -2.10. The maximum atomic E-state index is 10.9. The van der Waals surface area contributed by atoms with Gasteiger partial charge in [-0.1, -0.05) is 17.7 Å². The molecule has 0 saturated carbocycles. The number of carbonyl (C=O) groups is 1. The molecule has 0 aliphatic carbocycles. The number of carboxylic acid groups (broad SMARTS) is 1. The normalized spacial score (nSPS) is 9.85. The number of hydrogen-bond donors (Lipinski definition) is 1. The van der Waals surface area contributed by atoms with E-state index in [0.717, 1.165) is 5.69 Å². The third-order valence-electron chi connectivity index (χ3n) is 2.92. The Morgan fingerprint density at radius 2 is 2.05 bits per heavy atom. The van der Waals surface area contributed by atoms with E-state index in [9.17, 15) is 4.79 Å². The Morgan fingerprint density at radius 1 is 1.30 bits per heavy atom. The minimum absolute atomic E-state index is 0.137. The molecule has 20 heavy (non-hydrogen) atoms. The van der Waals surface area contributed by atoms with Gasteiger partial charge >= 0.3 is 5.97 Å². The van der Waals surface area contributed by atoms with Crippen LogP contribution in [0.2, 0.25) is 5.02 Å². The molecule has 0 aliphatic heterocycles. The SMILES string of the molecule is CN(c1cccc(C#N)c1)c1ccc(C(=O)O)cc1Cl. The van der Waals surface area contributed by atoms with E-state index in [1.54, 1.807) is 36.2 Å². The highest BCUT2D eigenvalue weighted by Gasteiger charge is 2.11. The number of nitrogens with zero attached hydrogens (tertiary/aromatic N) is 2. The number of halogens is 1. The van der Waals surface area contributed by atoms with E-state index >= 15 is 0 Å². The Bertz CT molecular complexity index is 707. The summed E-state index contributed by atoms with van der Waals surface area (Å²) in [6.45, 7) is 0. The second-order valence-electron chi connectivity index (χ2n) is 4.19. The van der Waals surface area contributed by atoms with E-state index < -0.39 is 5.97 Å². The first-order valence-corrected chi connectivity index (χ1v) is 6.17.